The normalized spacial score (nSPS) is 24.6. The lowest BCUT2D eigenvalue weighted by atomic mass is 9.85. The first-order valence-electron chi connectivity index (χ1n) is 12.2. The minimum Gasteiger partial charge on any atom is -0.391 e. The van der Waals surface area contributed by atoms with Gasteiger partial charge >= 0.3 is 0 Å². The van der Waals surface area contributed by atoms with Crippen LogP contribution in [-0.2, 0) is 4.79 Å². The number of nitrogens with zero attached hydrogens (tertiary/aromatic N) is 4. The summed E-state index contributed by atoms with van der Waals surface area (Å²) in [5.41, 5.74) is 7.29. The Morgan fingerprint density at radius 3 is 2.39 bits per heavy atom. The van der Waals surface area contributed by atoms with E-state index in [-0.39, 0.29) is 23.9 Å². The summed E-state index contributed by atoms with van der Waals surface area (Å²) in [5, 5.41) is 18.1. The number of amides is 1. The Balaban J connectivity index is 1.53. The van der Waals surface area contributed by atoms with Crippen molar-refractivity contribution in [2.75, 3.05) is 10.6 Å². The predicted octanol–water partition coefficient (Wildman–Crippen LogP) is 5.46. The summed E-state index contributed by atoms with van der Waals surface area (Å²) in [4.78, 5) is 25.7. The van der Waals surface area contributed by atoms with E-state index in [1.807, 2.05) is 4.57 Å². The highest BCUT2D eigenvalue weighted by Crippen LogP contribution is 2.40. The van der Waals surface area contributed by atoms with Crippen molar-refractivity contribution in [3.63, 3.8) is 0 Å². The van der Waals surface area contributed by atoms with E-state index < -0.39 is 6.10 Å². The van der Waals surface area contributed by atoms with Crippen molar-refractivity contribution >= 4 is 69.5 Å². The fourth-order valence-corrected chi connectivity index (χ4v) is 6.14. The zero-order chi connectivity index (χ0) is 25.4. The largest absolute Gasteiger partial charge is 0.391 e. The number of hydrogen-bond donors (Lipinski definition) is 4. The van der Waals surface area contributed by atoms with Gasteiger partial charge in [-0.3, -0.25) is 9.36 Å². The predicted molar refractivity (Wildman–Crippen MR) is 142 cm³/mol. The lowest BCUT2D eigenvalue weighted by Gasteiger charge is -2.29. The molecule has 0 spiro atoms. The van der Waals surface area contributed by atoms with Crippen molar-refractivity contribution in [3.8, 4) is 0 Å². The van der Waals surface area contributed by atoms with Crippen LogP contribution in [0.3, 0.4) is 0 Å². The number of imidazole rings is 1. The number of rotatable bonds is 6. The van der Waals surface area contributed by atoms with Crippen LogP contribution in [0.25, 0.3) is 11.2 Å². The molecule has 1 amide bonds. The molecule has 0 unspecified atom stereocenters. The maximum absolute atomic E-state index is 11.7. The number of anilines is 3. The second kappa shape index (κ2) is 10.6. The Bertz CT molecular complexity index is 1250. The maximum atomic E-state index is 11.7. The SMILES string of the molecule is NC(=O)C1CCC(n2c(Nc3c(Cl)cc(Cl)cc3Cl)nc3cnc(N[C@@H]4CCCC[C@H]4O)nc32)CC1. The van der Waals surface area contributed by atoms with Gasteiger partial charge in [-0.2, -0.15) is 4.98 Å². The standard InChI is InChI=1S/C24H28Cl3N7O2/c25-13-9-15(26)20(16(27)10-13)32-24-31-18-11-29-23(30-17-3-1-2-4-19(17)35)33-22(18)34(24)14-7-5-12(6-8-14)21(28)36/h9-12,14,17,19,35H,1-8H2,(H2,28,36)(H,31,32)(H,29,30,33)/t12?,14?,17-,19-/m1/s1. The van der Waals surface area contributed by atoms with Crippen molar-refractivity contribution < 1.29 is 9.90 Å². The van der Waals surface area contributed by atoms with Crippen LogP contribution in [-0.4, -0.2) is 42.7 Å². The number of hydrogen-bond acceptors (Lipinski definition) is 7. The molecule has 2 aliphatic carbocycles. The van der Waals surface area contributed by atoms with E-state index in [0.29, 0.717) is 56.7 Å². The highest BCUT2D eigenvalue weighted by Gasteiger charge is 2.30. The summed E-state index contributed by atoms with van der Waals surface area (Å²) >= 11 is 19.0. The molecule has 5 N–H and O–H groups in total. The van der Waals surface area contributed by atoms with Gasteiger partial charge in [-0.05, 0) is 50.7 Å². The Kier molecular flexibility index (Phi) is 7.44. The minimum absolute atomic E-state index is 0.0287. The molecule has 9 nitrogen and oxygen atoms in total. The quantitative estimate of drug-likeness (QED) is 0.319. The fraction of sp³-hybridized carbons (Fsp3) is 0.500. The number of nitrogens with two attached hydrogens (primary N) is 1. The van der Waals surface area contributed by atoms with Gasteiger partial charge in [0.1, 0.15) is 5.52 Å². The molecule has 2 aliphatic rings. The Morgan fingerprint density at radius 2 is 1.72 bits per heavy atom. The summed E-state index contributed by atoms with van der Waals surface area (Å²) in [6, 6.07) is 3.16. The molecule has 2 heterocycles. The highest BCUT2D eigenvalue weighted by atomic mass is 35.5. The fourth-order valence-electron chi connectivity index (χ4n) is 5.23. The first-order chi connectivity index (χ1) is 17.3. The van der Waals surface area contributed by atoms with Crippen LogP contribution >= 0.6 is 34.8 Å². The van der Waals surface area contributed by atoms with Crippen LogP contribution in [0.2, 0.25) is 15.1 Å². The third-order valence-corrected chi connectivity index (χ3v) is 8.00. The molecule has 1 aromatic carbocycles. The van der Waals surface area contributed by atoms with E-state index in [4.69, 9.17) is 50.5 Å². The summed E-state index contributed by atoms with van der Waals surface area (Å²) < 4.78 is 2.03. The molecule has 12 heteroatoms. The number of aliphatic hydroxyl groups excluding tert-OH is 1. The van der Waals surface area contributed by atoms with Crippen LogP contribution in [0.1, 0.15) is 57.4 Å². The second-order valence-corrected chi connectivity index (χ2v) is 10.8. The molecule has 36 heavy (non-hydrogen) atoms. The van der Waals surface area contributed by atoms with E-state index in [0.717, 1.165) is 38.5 Å². The topological polar surface area (TPSA) is 131 Å². The van der Waals surface area contributed by atoms with Gasteiger partial charge < -0.3 is 21.5 Å². The van der Waals surface area contributed by atoms with Gasteiger partial charge in [0.2, 0.25) is 17.8 Å². The van der Waals surface area contributed by atoms with Gasteiger partial charge in [0.25, 0.3) is 0 Å². The molecule has 192 valence electrons. The first kappa shape index (κ1) is 25.3. The average molecular weight is 553 g/mol. The second-order valence-electron chi connectivity index (χ2n) is 9.59. The number of primary amides is 1. The first-order valence-corrected chi connectivity index (χ1v) is 13.3. The number of fused-ring (bicyclic) bond motifs is 1. The van der Waals surface area contributed by atoms with Crippen LogP contribution < -0.4 is 16.4 Å². The van der Waals surface area contributed by atoms with Gasteiger partial charge in [0.05, 0.1) is 34.1 Å². The lowest BCUT2D eigenvalue weighted by Crippen LogP contribution is -2.36. The molecule has 2 aromatic heterocycles. The van der Waals surface area contributed by atoms with Crippen molar-refractivity contribution in [1.29, 1.82) is 0 Å². The van der Waals surface area contributed by atoms with Gasteiger partial charge in [-0.25, -0.2) is 9.97 Å². The number of aliphatic hydroxyl groups is 1. The van der Waals surface area contributed by atoms with E-state index in [1.165, 1.54) is 0 Å². The summed E-state index contributed by atoms with van der Waals surface area (Å²) in [6.45, 7) is 0. The molecule has 5 rings (SSSR count). The number of halogens is 3. The van der Waals surface area contributed by atoms with Crippen LogP contribution in [0, 0.1) is 5.92 Å². The zero-order valence-corrected chi connectivity index (χ0v) is 21.8. The summed E-state index contributed by atoms with van der Waals surface area (Å²) in [6.07, 6.45) is 7.78. The van der Waals surface area contributed by atoms with E-state index >= 15 is 0 Å². The minimum atomic E-state index is -0.432. The maximum Gasteiger partial charge on any atom is 0.225 e. The number of nitrogens with one attached hydrogen (secondary N) is 2. The Morgan fingerprint density at radius 1 is 1.03 bits per heavy atom. The van der Waals surface area contributed by atoms with Crippen molar-refractivity contribution in [2.45, 2.75) is 69.6 Å². The monoisotopic (exact) mass is 551 g/mol. The van der Waals surface area contributed by atoms with Gasteiger partial charge in [0, 0.05) is 17.0 Å². The van der Waals surface area contributed by atoms with Gasteiger partial charge in [0.15, 0.2) is 5.65 Å². The number of benzene rings is 1. The van der Waals surface area contributed by atoms with E-state index in [2.05, 4.69) is 15.6 Å². The lowest BCUT2D eigenvalue weighted by molar-refractivity contribution is -0.122. The van der Waals surface area contributed by atoms with Crippen molar-refractivity contribution in [2.24, 2.45) is 11.7 Å². The Labute approximate surface area is 223 Å². The number of aromatic nitrogens is 4. The van der Waals surface area contributed by atoms with Crippen LogP contribution in [0.5, 0.6) is 0 Å². The molecular formula is C24H28Cl3N7O2. The Hall–Kier alpha value is -2.33. The third kappa shape index (κ3) is 5.20. The molecular weight excluding hydrogens is 525 g/mol. The van der Waals surface area contributed by atoms with Crippen molar-refractivity contribution in [1.82, 2.24) is 19.5 Å². The third-order valence-electron chi connectivity index (χ3n) is 7.18. The van der Waals surface area contributed by atoms with Crippen LogP contribution in [0.4, 0.5) is 17.6 Å². The molecule has 0 radical (unpaired) electrons. The highest BCUT2D eigenvalue weighted by molar-refractivity contribution is 6.41. The summed E-state index contributed by atoms with van der Waals surface area (Å²) in [7, 11) is 0. The van der Waals surface area contributed by atoms with Gasteiger partial charge in [-0.1, -0.05) is 47.6 Å². The van der Waals surface area contributed by atoms with E-state index in [1.54, 1.807) is 18.3 Å². The zero-order valence-electron chi connectivity index (χ0n) is 19.6. The number of carbonyl (C=O) groups is 1. The van der Waals surface area contributed by atoms with Crippen LogP contribution in [0.15, 0.2) is 18.3 Å². The molecule has 2 saturated carbocycles. The average Bonchev–Trinajstić information content (AvgIpc) is 3.20. The molecule has 0 saturated heterocycles. The van der Waals surface area contributed by atoms with E-state index in [9.17, 15) is 9.90 Å². The molecule has 0 aliphatic heterocycles. The van der Waals surface area contributed by atoms with Crippen molar-refractivity contribution in [3.05, 3.63) is 33.4 Å². The number of carbonyl (C=O) groups excluding carboxylic acids is 1. The molecule has 2 atom stereocenters. The molecule has 0 bridgehead atoms. The van der Waals surface area contributed by atoms with Gasteiger partial charge in [-0.15, -0.1) is 0 Å². The summed E-state index contributed by atoms with van der Waals surface area (Å²) in [5.74, 6) is 0.562. The molecule has 2 fully saturated rings. The smallest absolute Gasteiger partial charge is 0.225 e. The molecule has 3 aromatic rings.